The smallest absolute Gasteiger partial charge is 0.278 e. The molecule has 1 saturated heterocycles. The molecule has 17 heteroatoms. The molecule has 0 aliphatic carbocycles. The minimum atomic E-state index is -1.48. The maximum atomic E-state index is 13.1. The number of fused-ring (bicyclic) bond motifs is 1. The third kappa shape index (κ3) is 5.47. The molecule has 2 aliphatic rings. The Kier molecular flexibility index (Phi) is 7.83. The van der Waals surface area contributed by atoms with Crippen LogP contribution in [-0.4, -0.2) is 66.5 Å². The van der Waals surface area contributed by atoms with E-state index in [4.69, 9.17) is 10.6 Å². The molecule has 5 rings (SSSR count). The second-order valence-electron chi connectivity index (χ2n) is 8.09. The van der Waals surface area contributed by atoms with Crippen LogP contribution in [0.4, 0.5) is 5.13 Å². The molecule has 2 atom stereocenters. The van der Waals surface area contributed by atoms with Crippen molar-refractivity contribution in [1.82, 2.24) is 24.6 Å². The minimum absolute atomic E-state index is 0.0374. The fourth-order valence-electron chi connectivity index (χ4n) is 3.73. The molecule has 3 aromatic heterocycles. The second-order valence-corrected chi connectivity index (χ2v) is 12.2. The fraction of sp³-hybridized carbons (Fsp3) is 0.273. The molecule has 0 bridgehead atoms. The zero-order valence-corrected chi connectivity index (χ0v) is 23.7. The number of oxime groups is 1. The van der Waals surface area contributed by atoms with Gasteiger partial charge in [-0.2, -0.15) is 9.36 Å². The topological polar surface area (TPSA) is 180 Å². The highest BCUT2D eigenvalue weighted by Gasteiger charge is 2.53. The van der Waals surface area contributed by atoms with E-state index in [1.807, 2.05) is 41.5 Å². The molecule has 0 aromatic carbocycles. The van der Waals surface area contributed by atoms with E-state index in [1.54, 1.807) is 6.92 Å². The minimum Gasteiger partial charge on any atom is -0.543 e. The van der Waals surface area contributed by atoms with Crippen molar-refractivity contribution < 1.29 is 28.9 Å². The van der Waals surface area contributed by atoms with Gasteiger partial charge < -0.3 is 25.8 Å². The lowest BCUT2D eigenvalue weighted by atomic mass is 10.0. The van der Waals surface area contributed by atoms with Gasteiger partial charge in [-0.1, -0.05) is 16.9 Å². The zero-order chi connectivity index (χ0) is 27.7. The highest BCUT2D eigenvalue weighted by atomic mass is 32.2. The number of nitrogens with two attached hydrogens (primary N) is 1. The maximum absolute atomic E-state index is 13.1. The van der Waals surface area contributed by atoms with Crippen LogP contribution in [-0.2, 0) is 26.3 Å². The summed E-state index contributed by atoms with van der Waals surface area (Å²) >= 11 is 4.77. The number of carboxylic acids is 1. The number of thiazole rings is 1. The Morgan fingerprint density at radius 3 is 2.79 bits per heavy atom. The van der Waals surface area contributed by atoms with E-state index in [0.29, 0.717) is 9.24 Å². The lowest BCUT2D eigenvalue weighted by molar-refractivity contribution is -0.671. The second kappa shape index (κ2) is 11.3. The molecule has 1 unspecified atom stereocenters. The van der Waals surface area contributed by atoms with Crippen LogP contribution in [0, 0.1) is 0 Å². The first kappa shape index (κ1) is 27.0. The van der Waals surface area contributed by atoms with Gasteiger partial charge in [0, 0.05) is 45.3 Å². The van der Waals surface area contributed by atoms with Crippen molar-refractivity contribution in [2.24, 2.45) is 12.2 Å². The molecular weight excluding hydrogens is 585 g/mol. The highest BCUT2D eigenvalue weighted by Crippen LogP contribution is 2.45. The molecule has 2 amide bonds. The standard InChI is InChI=1S/C22H20N8O5S4/c1-3-35-27-13(16-26-21(23)39-28-16)17(31)25-14-18(32)30-15(20(33)34)12(9-36-19(14)30)38-22-24-11(8-37-22)10-4-6-29(2)7-5-10/h4-8,14,19H,3,9H2,1-2H3,(H3-,23,25,26,28,31,33,34)/b27-13-/t14?,19-/m1/s1. The Hall–Kier alpha value is -3.54. The van der Waals surface area contributed by atoms with Crippen molar-refractivity contribution in [2.75, 3.05) is 18.1 Å². The third-order valence-electron chi connectivity index (χ3n) is 5.53. The number of pyridine rings is 1. The van der Waals surface area contributed by atoms with Crippen molar-refractivity contribution >= 4 is 75.0 Å². The molecule has 3 aromatic rings. The first-order chi connectivity index (χ1) is 18.8. The molecule has 0 saturated carbocycles. The van der Waals surface area contributed by atoms with Gasteiger partial charge in [-0.3, -0.25) is 14.5 Å². The number of thioether (sulfide) groups is 2. The number of hydrogen-bond donors (Lipinski definition) is 2. The van der Waals surface area contributed by atoms with Crippen LogP contribution in [0.2, 0.25) is 0 Å². The van der Waals surface area contributed by atoms with Crippen molar-refractivity contribution in [3.8, 4) is 11.3 Å². The van der Waals surface area contributed by atoms with E-state index in [1.165, 1.54) is 34.9 Å². The first-order valence-corrected chi connectivity index (χ1v) is 14.9. The summed E-state index contributed by atoms with van der Waals surface area (Å²) in [6.45, 7) is 1.88. The van der Waals surface area contributed by atoms with E-state index >= 15 is 0 Å². The number of nitrogen functional groups attached to an aromatic ring is 1. The Labute approximate surface area is 238 Å². The first-order valence-electron chi connectivity index (χ1n) is 11.4. The van der Waals surface area contributed by atoms with Gasteiger partial charge in [-0.25, -0.2) is 9.55 Å². The number of aliphatic carboxylic acids is 1. The van der Waals surface area contributed by atoms with Crippen LogP contribution in [0.15, 0.2) is 50.0 Å². The van der Waals surface area contributed by atoms with Crippen molar-refractivity contribution in [2.45, 2.75) is 22.7 Å². The normalized spacial score (nSPS) is 19.0. The van der Waals surface area contributed by atoms with Crippen LogP contribution in [0.1, 0.15) is 12.7 Å². The van der Waals surface area contributed by atoms with Crippen molar-refractivity contribution in [1.29, 1.82) is 0 Å². The van der Waals surface area contributed by atoms with Gasteiger partial charge in [0.1, 0.15) is 25.1 Å². The van der Waals surface area contributed by atoms with Gasteiger partial charge >= 0.3 is 0 Å². The number of aryl methyl sites for hydroxylation is 1. The summed E-state index contributed by atoms with van der Waals surface area (Å²) < 4.78 is 6.53. The quantitative estimate of drug-likeness (QED) is 0.145. The molecule has 0 radical (unpaired) electrons. The van der Waals surface area contributed by atoms with Crippen LogP contribution in [0.25, 0.3) is 11.3 Å². The number of carboxylic acid groups (broad SMARTS) is 1. The number of β-lactam (4-membered cyclic amide) rings is 1. The predicted molar refractivity (Wildman–Crippen MR) is 144 cm³/mol. The largest absolute Gasteiger partial charge is 0.543 e. The predicted octanol–water partition coefficient (Wildman–Crippen LogP) is -0.0374. The van der Waals surface area contributed by atoms with Gasteiger partial charge in [-0.05, 0) is 6.92 Å². The number of amides is 2. The molecule has 202 valence electrons. The average Bonchev–Trinajstić information content (AvgIpc) is 3.56. The van der Waals surface area contributed by atoms with E-state index < -0.39 is 29.2 Å². The fourth-order valence-corrected chi connectivity index (χ4v) is 7.62. The molecule has 39 heavy (non-hydrogen) atoms. The number of aromatic nitrogens is 4. The molecule has 3 N–H and O–H groups in total. The van der Waals surface area contributed by atoms with E-state index in [-0.39, 0.29) is 34.7 Å². The molecule has 1 fully saturated rings. The zero-order valence-electron chi connectivity index (χ0n) is 20.4. The van der Waals surface area contributed by atoms with Gasteiger partial charge in [0.15, 0.2) is 21.9 Å². The highest BCUT2D eigenvalue weighted by molar-refractivity contribution is 8.07. The maximum Gasteiger partial charge on any atom is 0.278 e. The Morgan fingerprint density at radius 2 is 2.13 bits per heavy atom. The number of carbonyl (C=O) groups is 3. The van der Waals surface area contributed by atoms with Crippen LogP contribution < -0.4 is 20.7 Å². The Morgan fingerprint density at radius 1 is 1.36 bits per heavy atom. The van der Waals surface area contributed by atoms with Crippen molar-refractivity contribution in [3.63, 3.8) is 0 Å². The van der Waals surface area contributed by atoms with Gasteiger partial charge in [0.05, 0.1) is 17.4 Å². The number of hydrogen-bond acceptors (Lipinski definition) is 14. The third-order valence-corrected chi connectivity index (χ3v) is 9.56. The lowest BCUT2D eigenvalue weighted by Crippen LogP contribution is -2.71. The van der Waals surface area contributed by atoms with Gasteiger partial charge in [0.25, 0.3) is 11.8 Å². The Bertz CT molecular complexity index is 1500. The summed E-state index contributed by atoms with van der Waals surface area (Å²) in [6.07, 6.45) is 3.82. The summed E-state index contributed by atoms with van der Waals surface area (Å²) in [7, 11) is 1.92. The molecular formula is C22H20N8O5S4. The number of carbonyl (C=O) groups excluding carboxylic acids is 3. The van der Waals surface area contributed by atoms with Gasteiger partial charge in [-0.15, -0.1) is 23.1 Å². The number of rotatable bonds is 9. The molecule has 13 nitrogen and oxygen atoms in total. The number of nitrogens with one attached hydrogen (secondary N) is 1. The van der Waals surface area contributed by atoms with E-state index in [0.717, 1.165) is 27.7 Å². The van der Waals surface area contributed by atoms with Crippen LogP contribution >= 0.6 is 46.4 Å². The van der Waals surface area contributed by atoms with Gasteiger partial charge in [0.2, 0.25) is 11.5 Å². The SMILES string of the molecule is CCO/N=C(\C(=O)NC1C(=O)N2C(C(=O)[O-])=C(Sc3nc(-c4cc[n+](C)cc4)cs3)CS[C@H]12)c1nsc(N)n1. The summed E-state index contributed by atoms with van der Waals surface area (Å²) in [5.74, 6) is -2.56. The lowest BCUT2D eigenvalue weighted by Gasteiger charge is -2.50. The summed E-state index contributed by atoms with van der Waals surface area (Å²) in [6, 6.07) is 2.89. The summed E-state index contributed by atoms with van der Waals surface area (Å²) in [5, 5.41) is 19.9. The van der Waals surface area contributed by atoms with Crippen molar-refractivity contribution in [3.05, 3.63) is 46.3 Å². The molecule has 2 aliphatic heterocycles. The number of nitrogens with zero attached hydrogens (tertiary/aromatic N) is 6. The van der Waals surface area contributed by atoms with Crippen LogP contribution in [0.5, 0.6) is 0 Å². The summed E-state index contributed by atoms with van der Waals surface area (Å²) in [5.41, 5.74) is 6.86. The van der Waals surface area contributed by atoms with Crippen LogP contribution in [0.3, 0.4) is 0 Å². The Balaban J connectivity index is 1.32. The average molecular weight is 605 g/mol. The number of anilines is 1. The van der Waals surface area contributed by atoms with E-state index in [2.05, 4.69) is 24.8 Å². The molecule has 5 heterocycles. The summed E-state index contributed by atoms with van der Waals surface area (Å²) in [4.78, 5) is 53.3. The molecule has 0 spiro atoms. The monoisotopic (exact) mass is 604 g/mol. The van der Waals surface area contributed by atoms with E-state index in [9.17, 15) is 19.5 Å².